The van der Waals surface area contributed by atoms with E-state index in [4.69, 9.17) is 23.2 Å². The maximum atomic E-state index is 12.4. The Bertz CT molecular complexity index is 1200. The summed E-state index contributed by atoms with van der Waals surface area (Å²) in [7, 11) is 0. The Hall–Kier alpha value is -3.55. The molecule has 0 aromatic heterocycles. The highest BCUT2D eigenvalue weighted by Crippen LogP contribution is 2.25. The second kappa shape index (κ2) is 11.0. The molecule has 0 aliphatic rings. The number of urea groups is 1. The molecule has 34 heavy (non-hydrogen) atoms. The summed E-state index contributed by atoms with van der Waals surface area (Å²) in [5.41, 5.74) is 3.21. The highest BCUT2D eigenvalue weighted by Gasteiger charge is 2.23. The summed E-state index contributed by atoms with van der Waals surface area (Å²) in [4.78, 5) is 35.9. The number of rotatable bonds is 7. The van der Waals surface area contributed by atoms with E-state index in [0.29, 0.717) is 27.0 Å². The summed E-state index contributed by atoms with van der Waals surface area (Å²) in [6, 6.07) is 17.4. The Balaban J connectivity index is 1.61. The van der Waals surface area contributed by atoms with Gasteiger partial charge in [0, 0.05) is 16.9 Å². The molecule has 0 unspecified atom stereocenters. The molecule has 0 aliphatic heterocycles. The van der Waals surface area contributed by atoms with Gasteiger partial charge in [-0.25, -0.2) is 9.59 Å². The van der Waals surface area contributed by atoms with Crippen molar-refractivity contribution in [2.75, 3.05) is 10.6 Å². The molecule has 0 fully saturated rings. The molecule has 3 aromatic carbocycles. The van der Waals surface area contributed by atoms with Gasteiger partial charge >= 0.3 is 12.0 Å². The molecule has 3 aromatic rings. The third-order valence-corrected chi connectivity index (χ3v) is 5.76. The lowest BCUT2D eigenvalue weighted by Gasteiger charge is -2.18. The van der Waals surface area contributed by atoms with E-state index < -0.39 is 23.9 Å². The fourth-order valence-electron chi connectivity index (χ4n) is 3.17. The van der Waals surface area contributed by atoms with E-state index in [2.05, 4.69) is 16.0 Å². The Labute approximate surface area is 207 Å². The Kier molecular flexibility index (Phi) is 8.15. The molecule has 3 amide bonds. The third kappa shape index (κ3) is 6.50. The maximum Gasteiger partial charge on any atom is 0.326 e. The number of carboxylic acids is 1. The van der Waals surface area contributed by atoms with Crippen LogP contribution in [0.5, 0.6) is 0 Å². The number of anilines is 2. The molecule has 176 valence electrons. The maximum absolute atomic E-state index is 12.4. The van der Waals surface area contributed by atoms with Crippen LogP contribution in [0.4, 0.5) is 16.2 Å². The number of carbonyl (C=O) groups excluding carboxylic acids is 2. The van der Waals surface area contributed by atoms with Crippen LogP contribution in [-0.2, 0) is 4.79 Å². The molecule has 7 nitrogen and oxygen atoms in total. The van der Waals surface area contributed by atoms with Gasteiger partial charge in [-0.05, 0) is 59.5 Å². The summed E-state index contributed by atoms with van der Waals surface area (Å²) >= 11 is 11.8. The SMILES string of the molecule is CC(C)[C@H](NC(=O)c1ccc(-c2ccc(NC(=O)Nc3ccc(Cl)c(Cl)c3)cc2)cc1)C(=O)O. The van der Waals surface area contributed by atoms with Crippen molar-refractivity contribution < 1.29 is 19.5 Å². The van der Waals surface area contributed by atoms with Crippen LogP contribution in [0.1, 0.15) is 24.2 Å². The van der Waals surface area contributed by atoms with E-state index in [9.17, 15) is 19.5 Å². The van der Waals surface area contributed by atoms with Crippen LogP contribution in [0.2, 0.25) is 10.0 Å². The molecular weight excluding hydrogens is 477 g/mol. The van der Waals surface area contributed by atoms with E-state index in [1.165, 1.54) is 0 Å². The molecule has 0 saturated heterocycles. The van der Waals surface area contributed by atoms with Crippen molar-refractivity contribution in [3.63, 3.8) is 0 Å². The van der Waals surface area contributed by atoms with Gasteiger partial charge in [0.1, 0.15) is 6.04 Å². The summed E-state index contributed by atoms with van der Waals surface area (Å²) in [5, 5.41) is 17.9. The van der Waals surface area contributed by atoms with E-state index in [1.807, 2.05) is 12.1 Å². The minimum Gasteiger partial charge on any atom is -0.480 e. The predicted molar refractivity (Wildman–Crippen MR) is 135 cm³/mol. The number of halogens is 2. The zero-order valence-electron chi connectivity index (χ0n) is 18.4. The largest absolute Gasteiger partial charge is 0.480 e. The molecule has 0 saturated carbocycles. The Morgan fingerprint density at radius 2 is 1.29 bits per heavy atom. The number of nitrogens with one attached hydrogen (secondary N) is 3. The number of hydrogen-bond donors (Lipinski definition) is 4. The quantitative estimate of drug-likeness (QED) is 0.312. The molecule has 1 atom stereocenters. The molecule has 0 radical (unpaired) electrons. The molecule has 9 heteroatoms. The van der Waals surface area contributed by atoms with Gasteiger partial charge in [0.25, 0.3) is 5.91 Å². The third-order valence-electron chi connectivity index (χ3n) is 5.02. The molecule has 0 bridgehead atoms. The normalized spacial score (nSPS) is 11.6. The summed E-state index contributed by atoms with van der Waals surface area (Å²) in [6.07, 6.45) is 0. The number of aliphatic carboxylic acids is 1. The van der Waals surface area contributed by atoms with E-state index in [1.54, 1.807) is 68.4 Å². The number of benzene rings is 3. The highest BCUT2D eigenvalue weighted by atomic mass is 35.5. The van der Waals surface area contributed by atoms with Crippen LogP contribution in [0.3, 0.4) is 0 Å². The monoisotopic (exact) mass is 499 g/mol. The number of hydrogen-bond acceptors (Lipinski definition) is 3. The standard InChI is InChI=1S/C25H23Cl2N3O4/c1-14(2)22(24(32)33)30-23(31)17-5-3-15(4-6-17)16-7-9-18(10-8-16)28-25(34)29-19-11-12-20(26)21(27)13-19/h3-14,22H,1-2H3,(H,30,31)(H,32,33)(H2,28,29,34)/t22-/m0/s1. The van der Waals surface area contributed by atoms with Gasteiger partial charge in [-0.15, -0.1) is 0 Å². The van der Waals surface area contributed by atoms with Crippen molar-refractivity contribution in [1.82, 2.24) is 5.32 Å². The average molecular weight is 500 g/mol. The zero-order valence-corrected chi connectivity index (χ0v) is 19.9. The van der Waals surface area contributed by atoms with Crippen molar-refractivity contribution in [1.29, 1.82) is 0 Å². The second-order valence-corrected chi connectivity index (χ2v) is 8.71. The second-order valence-electron chi connectivity index (χ2n) is 7.90. The molecule has 0 spiro atoms. The van der Waals surface area contributed by atoms with Crippen LogP contribution >= 0.6 is 23.2 Å². The first-order chi connectivity index (χ1) is 16.1. The summed E-state index contributed by atoms with van der Waals surface area (Å²) < 4.78 is 0. The average Bonchev–Trinajstić information content (AvgIpc) is 2.80. The smallest absolute Gasteiger partial charge is 0.326 e. The van der Waals surface area contributed by atoms with Gasteiger partial charge in [0.2, 0.25) is 0 Å². The molecular formula is C25H23Cl2N3O4. The molecule has 0 heterocycles. The zero-order chi connectivity index (χ0) is 24.8. The number of carbonyl (C=O) groups is 3. The highest BCUT2D eigenvalue weighted by molar-refractivity contribution is 6.42. The van der Waals surface area contributed by atoms with Crippen molar-refractivity contribution in [2.24, 2.45) is 5.92 Å². The Morgan fingerprint density at radius 3 is 1.82 bits per heavy atom. The van der Waals surface area contributed by atoms with Crippen LogP contribution in [0, 0.1) is 5.92 Å². The topological polar surface area (TPSA) is 108 Å². The first-order valence-electron chi connectivity index (χ1n) is 10.4. The number of carboxylic acid groups (broad SMARTS) is 1. The van der Waals surface area contributed by atoms with Gasteiger partial charge in [0.15, 0.2) is 0 Å². The van der Waals surface area contributed by atoms with Gasteiger partial charge in [-0.3, -0.25) is 4.79 Å². The first kappa shape index (κ1) is 25.1. The van der Waals surface area contributed by atoms with Crippen LogP contribution in [0.15, 0.2) is 66.7 Å². The minimum atomic E-state index is -1.07. The van der Waals surface area contributed by atoms with Crippen molar-refractivity contribution in [3.05, 3.63) is 82.3 Å². The number of amides is 3. The van der Waals surface area contributed by atoms with E-state index in [-0.39, 0.29) is 5.92 Å². The minimum absolute atomic E-state index is 0.237. The molecule has 3 rings (SSSR count). The van der Waals surface area contributed by atoms with Gasteiger partial charge in [-0.1, -0.05) is 61.3 Å². The lowest BCUT2D eigenvalue weighted by atomic mass is 10.0. The first-order valence-corrected chi connectivity index (χ1v) is 11.2. The van der Waals surface area contributed by atoms with Crippen LogP contribution < -0.4 is 16.0 Å². The fraction of sp³-hybridized carbons (Fsp3) is 0.160. The Morgan fingerprint density at radius 1 is 0.765 bits per heavy atom. The van der Waals surface area contributed by atoms with E-state index >= 15 is 0 Å². The van der Waals surface area contributed by atoms with Crippen molar-refractivity contribution in [3.8, 4) is 11.1 Å². The fourth-order valence-corrected chi connectivity index (χ4v) is 3.46. The van der Waals surface area contributed by atoms with E-state index in [0.717, 1.165) is 11.1 Å². The van der Waals surface area contributed by atoms with Crippen LogP contribution in [-0.4, -0.2) is 29.1 Å². The summed E-state index contributed by atoms with van der Waals surface area (Å²) in [6.45, 7) is 3.47. The predicted octanol–water partition coefficient (Wildman–Crippen LogP) is 6.14. The lowest BCUT2D eigenvalue weighted by molar-refractivity contribution is -0.140. The van der Waals surface area contributed by atoms with Gasteiger partial charge < -0.3 is 21.1 Å². The molecule has 4 N–H and O–H groups in total. The molecule has 0 aliphatic carbocycles. The van der Waals surface area contributed by atoms with Gasteiger partial charge in [0.05, 0.1) is 10.0 Å². The lowest BCUT2D eigenvalue weighted by Crippen LogP contribution is -2.44. The van der Waals surface area contributed by atoms with Crippen molar-refractivity contribution >= 4 is 52.5 Å². The van der Waals surface area contributed by atoms with Crippen LogP contribution in [0.25, 0.3) is 11.1 Å². The summed E-state index contributed by atoms with van der Waals surface area (Å²) in [5.74, 6) is -1.75. The van der Waals surface area contributed by atoms with Gasteiger partial charge in [-0.2, -0.15) is 0 Å². The van der Waals surface area contributed by atoms with Crippen molar-refractivity contribution in [2.45, 2.75) is 19.9 Å².